The Morgan fingerprint density at radius 1 is 1.19 bits per heavy atom. The minimum atomic E-state index is -0.479. The molecule has 0 atom stereocenters. The van der Waals surface area contributed by atoms with Crippen molar-refractivity contribution < 1.29 is 9.53 Å². The van der Waals surface area contributed by atoms with E-state index in [1.165, 1.54) is 5.56 Å². The van der Waals surface area contributed by atoms with Crippen molar-refractivity contribution in [1.29, 1.82) is 0 Å². The highest BCUT2D eigenvalue weighted by molar-refractivity contribution is 6.64. The molecule has 0 bridgehead atoms. The Morgan fingerprint density at radius 3 is 2.38 bits per heavy atom. The Kier molecular flexibility index (Phi) is 6.27. The van der Waals surface area contributed by atoms with Crippen molar-refractivity contribution in [3.05, 3.63) is 29.8 Å². The van der Waals surface area contributed by atoms with Gasteiger partial charge in [0, 0.05) is 5.41 Å². The molecule has 1 aromatic carbocycles. The standard InChI is InChI=1S/C18H27ClO2/c1-6-17(2,3)14-10-7-8-11-15(14)21-13-9-12-18(4,5)16(19)20/h7-8,10-11H,6,9,12-13H2,1-5H3. The molecule has 0 aliphatic heterocycles. The van der Waals surface area contributed by atoms with Crippen molar-refractivity contribution in [2.75, 3.05) is 6.61 Å². The number of para-hydroxylation sites is 1. The predicted octanol–water partition coefficient (Wildman–Crippen LogP) is 5.32. The minimum Gasteiger partial charge on any atom is -0.493 e. The molecule has 0 saturated carbocycles. The van der Waals surface area contributed by atoms with Crippen LogP contribution in [-0.4, -0.2) is 11.8 Å². The van der Waals surface area contributed by atoms with Gasteiger partial charge in [0.1, 0.15) is 5.75 Å². The van der Waals surface area contributed by atoms with Crippen LogP contribution >= 0.6 is 11.6 Å². The fraction of sp³-hybridized carbons (Fsp3) is 0.611. The fourth-order valence-corrected chi connectivity index (χ4v) is 2.23. The third-order valence-corrected chi connectivity index (χ3v) is 4.75. The first-order valence-electron chi connectivity index (χ1n) is 7.63. The van der Waals surface area contributed by atoms with Gasteiger partial charge in [-0.15, -0.1) is 0 Å². The van der Waals surface area contributed by atoms with Crippen LogP contribution in [0.1, 0.15) is 59.4 Å². The van der Waals surface area contributed by atoms with Crippen LogP contribution in [0, 0.1) is 5.41 Å². The molecule has 0 N–H and O–H groups in total. The van der Waals surface area contributed by atoms with Gasteiger partial charge in [0.2, 0.25) is 5.24 Å². The van der Waals surface area contributed by atoms with Gasteiger partial charge in [-0.1, -0.05) is 52.8 Å². The first-order chi connectivity index (χ1) is 9.70. The van der Waals surface area contributed by atoms with Gasteiger partial charge < -0.3 is 4.74 Å². The van der Waals surface area contributed by atoms with Crippen molar-refractivity contribution in [3.8, 4) is 5.75 Å². The van der Waals surface area contributed by atoms with Gasteiger partial charge >= 0.3 is 0 Å². The summed E-state index contributed by atoms with van der Waals surface area (Å²) in [6, 6.07) is 8.20. The summed E-state index contributed by atoms with van der Waals surface area (Å²) in [7, 11) is 0. The molecule has 118 valence electrons. The molecule has 0 heterocycles. The lowest BCUT2D eigenvalue weighted by Crippen LogP contribution is -2.21. The first kappa shape index (κ1) is 18.0. The molecule has 0 aliphatic rings. The number of ether oxygens (including phenoxy) is 1. The van der Waals surface area contributed by atoms with Crippen LogP contribution in [0.15, 0.2) is 24.3 Å². The molecule has 21 heavy (non-hydrogen) atoms. The van der Waals surface area contributed by atoms with Gasteiger partial charge in [-0.25, -0.2) is 0 Å². The number of hydrogen-bond donors (Lipinski definition) is 0. The Morgan fingerprint density at radius 2 is 1.81 bits per heavy atom. The lowest BCUT2D eigenvalue weighted by Gasteiger charge is -2.26. The van der Waals surface area contributed by atoms with E-state index < -0.39 is 5.41 Å². The molecule has 1 rings (SSSR count). The third kappa shape index (κ3) is 5.03. The number of carbonyl (C=O) groups is 1. The molecular weight excluding hydrogens is 284 g/mol. The molecular formula is C18H27ClO2. The van der Waals surface area contributed by atoms with Crippen LogP contribution in [0.4, 0.5) is 0 Å². The zero-order chi connectivity index (χ0) is 16.1. The smallest absolute Gasteiger partial charge is 0.227 e. The Balaban J connectivity index is 2.63. The van der Waals surface area contributed by atoms with Crippen molar-refractivity contribution in [2.24, 2.45) is 5.41 Å². The lowest BCUT2D eigenvalue weighted by atomic mass is 9.82. The van der Waals surface area contributed by atoms with E-state index in [-0.39, 0.29) is 10.7 Å². The van der Waals surface area contributed by atoms with Gasteiger partial charge in [0.25, 0.3) is 0 Å². The number of benzene rings is 1. The minimum absolute atomic E-state index is 0.0992. The molecule has 0 fully saturated rings. The molecule has 3 heteroatoms. The summed E-state index contributed by atoms with van der Waals surface area (Å²) >= 11 is 5.59. The van der Waals surface area contributed by atoms with E-state index in [0.29, 0.717) is 6.61 Å². The van der Waals surface area contributed by atoms with Crippen LogP contribution in [-0.2, 0) is 10.2 Å². The highest BCUT2D eigenvalue weighted by atomic mass is 35.5. The van der Waals surface area contributed by atoms with Crippen LogP contribution < -0.4 is 4.74 Å². The summed E-state index contributed by atoms with van der Waals surface area (Å²) in [5.74, 6) is 0.944. The molecule has 0 amide bonds. The summed E-state index contributed by atoms with van der Waals surface area (Å²) in [5, 5.41) is -0.282. The van der Waals surface area contributed by atoms with Crippen LogP contribution in [0.5, 0.6) is 5.75 Å². The number of halogens is 1. The monoisotopic (exact) mass is 310 g/mol. The average molecular weight is 311 g/mol. The molecule has 0 unspecified atom stereocenters. The zero-order valence-electron chi connectivity index (χ0n) is 13.8. The zero-order valence-corrected chi connectivity index (χ0v) is 14.6. The summed E-state index contributed by atoms with van der Waals surface area (Å²) in [5.41, 5.74) is 0.856. The SMILES string of the molecule is CCC(C)(C)c1ccccc1OCCCC(C)(C)C(=O)Cl. The van der Waals surface area contributed by atoms with E-state index in [1.54, 1.807) is 0 Å². The lowest BCUT2D eigenvalue weighted by molar-refractivity contribution is -0.119. The van der Waals surface area contributed by atoms with E-state index in [1.807, 2.05) is 26.0 Å². The summed E-state index contributed by atoms with van der Waals surface area (Å²) in [6.07, 6.45) is 2.60. The van der Waals surface area contributed by atoms with Crippen LogP contribution in [0.25, 0.3) is 0 Å². The summed E-state index contributed by atoms with van der Waals surface area (Å²) in [6.45, 7) is 11.0. The van der Waals surface area contributed by atoms with E-state index in [2.05, 4.69) is 32.9 Å². The first-order valence-corrected chi connectivity index (χ1v) is 8.01. The molecule has 1 aromatic rings. The summed E-state index contributed by atoms with van der Waals surface area (Å²) in [4.78, 5) is 11.3. The van der Waals surface area contributed by atoms with Crippen molar-refractivity contribution in [3.63, 3.8) is 0 Å². The van der Waals surface area contributed by atoms with Crippen LogP contribution in [0.2, 0.25) is 0 Å². The Hall–Kier alpha value is -1.02. The second-order valence-electron chi connectivity index (χ2n) is 6.84. The van der Waals surface area contributed by atoms with Crippen molar-refractivity contribution in [1.82, 2.24) is 0 Å². The van der Waals surface area contributed by atoms with E-state index in [4.69, 9.17) is 16.3 Å². The molecule has 0 radical (unpaired) electrons. The largest absolute Gasteiger partial charge is 0.493 e. The summed E-state index contributed by atoms with van der Waals surface area (Å²) < 4.78 is 5.95. The predicted molar refractivity (Wildman–Crippen MR) is 89.1 cm³/mol. The quantitative estimate of drug-likeness (QED) is 0.479. The maximum atomic E-state index is 11.3. The van der Waals surface area contributed by atoms with E-state index >= 15 is 0 Å². The second kappa shape index (κ2) is 7.31. The molecule has 0 aromatic heterocycles. The molecule has 0 aliphatic carbocycles. The van der Waals surface area contributed by atoms with E-state index in [0.717, 1.165) is 25.0 Å². The fourth-order valence-electron chi connectivity index (χ4n) is 2.14. The molecule has 0 saturated heterocycles. The van der Waals surface area contributed by atoms with Gasteiger partial charge in [-0.05, 0) is 47.9 Å². The highest BCUT2D eigenvalue weighted by Gasteiger charge is 2.25. The van der Waals surface area contributed by atoms with Gasteiger partial charge in [-0.2, -0.15) is 0 Å². The maximum Gasteiger partial charge on any atom is 0.227 e. The maximum absolute atomic E-state index is 11.3. The number of hydrogen-bond acceptors (Lipinski definition) is 2. The normalized spacial score (nSPS) is 12.3. The van der Waals surface area contributed by atoms with Crippen molar-refractivity contribution in [2.45, 2.75) is 59.3 Å². The van der Waals surface area contributed by atoms with Gasteiger partial charge in [0.15, 0.2) is 0 Å². The third-order valence-electron chi connectivity index (χ3n) is 4.24. The molecule has 2 nitrogen and oxygen atoms in total. The Bertz CT molecular complexity index is 478. The van der Waals surface area contributed by atoms with E-state index in [9.17, 15) is 4.79 Å². The van der Waals surface area contributed by atoms with Crippen LogP contribution in [0.3, 0.4) is 0 Å². The number of carbonyl (C=O) groups excluding carboxylic acids is 1. The Labute approximate surface area is 133 Å². The molecule has 0 spiro atoms. The average Bonchev–Trinajstić information content (AvgIpc) is 2.44. The van der Waals surface area contributed by atoms with Gasteiger partial charge in [-0.3, -0.25) is 4.79 Å². The van der Waals surface area contributed by atoms with Gasteiger partial charge in [0.05, 0.1) is 6.61 Å². The second-order valence-corrected chi connectivity index (χ2v) is 7.19. The van der Waals surface area contributed by atoms with Crippen molar-refractivity contribution >= 4 is 16.8 Å². The highest BCUT2D eigenvalue weighted by Crippen LogP contribution is 2.34. The number of rotatable bonds is 8. The topological polar surface area (TPSA) is 26.3 Å².